The predicted octanol–water partition coefficient (Wildman–Crippen LogP) is 4.60. The molecule has 0 aromatic heterocycles. The van der Waals surface area contributed by atoms with Gasteiger partial charge in [0.1, 0.15) is 0 Å². The fourth-order valence-electron chi connectivity index (χ4n) is 1.85. The van der Waals surface area contributed by atoms with Crippen molar-refractivity contribution in [2.75, 3.05) is 21.1 Å². The van der Waals surface area contributed by atoms with Gasteiger partial charge in [-0.25, -0.2) is 4.59 Å². The van der Waals surface area contributed by atoms with Crippen molar-refractivity contribution in [2.24, 2.45) is 5.10 Å². The van der Waals surface area contributed by atoms with Crippen molar-refractivity contribution in [3.05, 3.63) is 0 Å². The van der Waals surface area contributed by atoms with Crippen LogP contribution in [0.2, 0.25) is 0 Å². The van der Waals surface area contributed by atoms with Crippen LogP contribution in [-0.4, -0.2) is 31.9 Å². The first-order valence-electron chi connectivity index (χ1n) is 7.42. The van der Waals surface area contributed by atoms with Gasteiger partial charge in [-0.1, -0.05) is 63.4 Å². The van der Waals surface area contributed by atoms with Crippen LogP contribution in [0.5, 0.6) is 0 Å². The van der Waals surface area contributed by atoms with Crippen molar-refractivity contribution in [3.63, 3.8) is 0 Å². The summed E-state index contributed by atoms with van der Waals surface area (Å²) in [6.45, 7) is 2.28. The molecular formula is C15H33N2+. The van der Waals surface area contributed by atoms with Crippen LogP contribution in [0.4, 0.5) is 0 Å². The molecule has 0 unspecified atom stereocenters. The standard InChI is InChI=1S/C15H33N2/c1-5-6-7-8-9-10-11-12-13-14-15-16-17(2,3)4/h15H,5-14H2,1-4H3/q+1/b16-15-. The topological polar surface area (TPSA) is 12.4 Å². The van der Waals surface area contributed by atoms with Gasteiger partial charge in [0.15, 0.2) is 0 Å². The molecule has 17 heavy (non-hydrogen) atoms. The highest BCUT2D eigenvalue weighted by molar-refractivity contribution is 5.55. The van der Waals surface area contributed by atoms with Crippen LogP contribution >= 0.6 is 0 Å². The smallest absolute Gasteiger partial charge is 0.0923 e. The molecule has 0 N–H and O–H groups in total. The maximum absolute atomic E-state index is 4.44. The van der Waals surface area contributed by atoms with Gasteiger partial charge in [0.25, 0.3) is 0 Å². The molecule has 0 rings (SSSR count). The van der Waals surface area contributed by atoms with Crippen molar-refractivity contribution in [3.8, 4) is 0 Å². The lowest BCUT2D eigenvalue weighted by atomic mass is 10.1. The van der Waals surface area contributed by atoms with Gasteiger partial charge in [0.2, 0.25) is 0 Å². The van der Waals surface area contributed by atoms with E-state index in [1.54, 1.807) is 0 Å². The SMILES string of the molecule is CCCCCCCCCCC/C=N\[N+](C)(C)C. The molecule has 0 aromatic carbocycles. The van der Waals surface area contributed by atoms with Crippen LogP contribution in [-0.2, 0) is 0 Å². The number of unbranched alkanes of at least 4 members (excludes halogenated alkanes) is 9. The Morgan fingerprint density at radius 2 is 1.24 bits per heavy atom. The van der Waals surface area contributed by atoms with Crippen LogP contribution in [0, 0.1) is 0 Å². The van der Waals surface area contributed by atoms with Gasteiger partial charge in [-0.3, -0.25) is 0 Å². The second-order valence-electron chi connectivity index (χ2n) is 5.86. The summed E-state index contributed by atoms with van der Waals surface area (Å²) in [6.07, 6.45) is 15.8. The molecule has 0 amide bonds. The second kappa shape index (κ2) is 10.8. The highest BCUT2D eigenvalue weighted by atomic mass is 15.6. The number of rotatable bonds is 11. The third kappa shape index (κ3) is 15.6. The summed E-state index contributed by atoms with van der Waals surface area (Å²) >= 11 is 0. The fourth-order valence-corrected chi connectivity index (χ4v) is 1.85. The van der Waals surface area contributed by atoms with E-state index in [0.717, 1.165) is 6.42 Å². The highest BCUT2D eigenvalue weighted by Crippen LogP contribution is 2.10. The summed E-state index contributed by atoms with van der Waals surface area (Å²) in [5.41, 5.74) is 0. The molecule has 0 atom stereocenters. The number of hydrogen-bond acceptors (Lipinski definition) is 1. The van der Waals surface area contributed by atoms with Gasteiger partial charge < -0.3 is 0 Å². The Bertz CT molecular complexity index is 180. The summed E-state index contributed by atoms with van der Waals surface area (Å²) in [6, 6.07) is 0. The minimum Gasteiger partial charge on any atom is -0.205 e. The first-order valence-corrected chi connectivity index (χ1v) is 7.42. The zero-order valence-electron chi connectivity index (χ0n) is 12.5. The minimum absolute atomic E-state index is 0.692. The van der Waals surface area contributed by atoms with Gasteiger partial charge >= 0.3 is 0 Å². The van der Waals surface area contributed by atoms with Crippen molar-refractivity contribution < 1.29 is 4.59 Å². The normalized spacial score (nSPS) is 12.5. The molecule has 0 saturated heterocycles. The van der Waals surface area contributed by atoms with E-state index in [1.165, 1.54) is 57.8 Å². The third-order valence-corrected chi connectivity index (χ3v) is 2.86. The molecule has 2 heteroatoms. The molecule has 0 heterocycles. The summed E-state index contributed by atoms with van der Waals surface area (Å²) in [7, 11) is 6.27. The molecule has 0 saturated carbocycles. The molecule has 0 aromatic rings. The summed E-state index contributed by atoms with van der Waals surface area (Å²) in [5, 5.41) is 4.44. The molecular weight excluding hydrogens is 208 g/mol. The average Bonchev–Trinajstić information content (AvgIpc) is 2.24. The zero-order valence-corrected chi connectivity index (χ0v) is 12.5. The van der Waals surface area contributed by atoms with E-state index in [-0.39, 0.29) is 0 Å². The molecule has 0 radical (unpaired) electrons. The van der Waals surface area contributed by atoms with E-state index in [9.17, 15) is 0 Å². The molecule has 0 aliphatic heterocycles. The lowest BCUT2D eigenvalue weighted by Crippen LogP contribution is -2.27. The minimum atomic E-state index is 0.692. The maximum Gasteiger partial charge on any atom is 0.0923 e. The molecule has 0 bridgehead atoms. The fraction of sp³-hybridized carbons (Fsp3) is 0.933. The van der Waals surface area contributed by atoms with E-state index in [4.69, 9.17) is 0 Å². The van der Waals surface area contributed by atoms with E-state index < -0.39 is 0 Å². The van der Waals surface area contributed by atoms with Crippen LogP contribution in [0.3, 0.4) is 0 Å². The Kier molecular flexibility index (Phi) is 10.5. The molecule has 0 spiro atoms. The van der Waals surface area contributed by atoms with Crippen molar-refractivity contribution in [1.29, 1.82) is 0 Å². The lowest BCUT2D eigenvalue weighted by molar-refractivity contribution is -0.876. The molecule has 0 aliphatic rings. The Morgan fingerprint density at radius 3 is 1.71 bits per heavy atom. The first kappa shape index (κ1) is 16.6. The van der Waals surface area contributed by atoms with Gasteiger partial charge in [-0.05, 0) is 12.8 Å². The number of nitrogens with zero attached hydrogens (tertiary/aromatic N) is 2. The Hall–Kier alpha value is -0.370. The van der Waals surface area contributed by atoms with Gasteiger partial charge in [0.05, 0.1) is 27.4 Å². The van der Waals surface area contributed by atoms with E-state index >= 15 is 0 Å². The Balaban J connectivity index is 3.11. The van der Waals surface area contributed by atoms with Crippen molar-refractivity contribution in [2.45, 2.75) is 71.1 Å². The lowest BCUT2D eigenvalue weighted by Gasteiger charge is -2.14. The van der Waals surface area contributed by atoms with Crippen molar-refractivity contribution >= 4 is 6.21 Å². The third-order valence-electron chi connectivity index (χ3n) is 2.86. The van der Waals surface area contributed by atoms with E-state index in [2.05, 4.69) is 39.4 Å². The van der Waals surface area contributed by atoms with Crippen LogP contribution in [0.25, 0.3) is 0 Å². The molecule has 2 nitrogen and oxygen atoms in total. The van der Waals surface area contributed by atoms with E-state index in [1.807, 2.05) is 0 Å². The first-order chi connectivity index (χ1) is 8.06. The largest absolute Gasteiger partial charge is 0.205 e. The van der Waals surface area contributed by atoms with Gasteiger partial charge in [-0.2, -0.15) is 0 Å². The predicted molar refractivity (Wildman–Crippen MR) is 78.4 cm³/mol. The summed E-state index contributed by atoms with van der Waals surface area (Å²) in [5.74, 6) is 0. The monoisotopic (exact) mass is 241 g/mol. The summed E-state index contributed by atoms with van der Waals surface area (Å²) in [4.78, 5) is 0. The quantitative estimate of drug-likeness (QED) is 0.217. The molecule has 102 valence electrons. The maximum atomic E-state index is 4.44. The zero-order chi connectivity index (χ0) is 13.0. The Morgan fingerprint density at radius 1 is 0.765 bits per heavy atom. The van der Waals surface area contributed by atoms with Crippen molar-refractivity contribution in [1.82, 2.24) is 0 Å². The van der Waals surface area contributed by atoms with Crippen LogP contribution in [0.15, 0.2) is 5.10 Å². The van der Waals surface area contributed by atoms with Gasteiger partial charge in [-0.15, -0.1) is 0 Å². The van der Waals surface area contributed by atoms with E-state index in [0.29, 0.717) is 4.59 Å². The summed E-state index contributed by atoms with van der Waals surface area (Å²) < 4.78 is 0.692. The van der Waals surface area contributed by atoms with Gasteiger partial charge in [0, 0.05) is 0 Å². The molecule has 0 fully saturated rings. The number of quaternary nitrogens is 1. The second-order valence-corrected chi connectivity index (χ2v) is 5.86. The number of hydrogen-bond donors (Lipinski definition) is 0. The van der Waals surface area contributed by atoms with Crippen LogP contribution in [0.1, 0.15) is 71.1 Å². The molecule has 0 aliphatic carbocycles. The highest BCUT2D eigenvalue weighted by Gasteiger charge is 2.00. The van der Waals surface area contributed by atoms with Crippen LogP contribution < -0.4 is 0 Å². The average molecular weight is 241 g/mol. The Labute approximate surface area is 109 Å².